The molecule has 1 N–H and O–H groups in total. The minimum Gasteiger partial charge on any atom is -0.497 e. The standard InChI is InChI=1S/C23H27N5O4/c1-14-18-11-20(30)28(13-16-6-8-17(32-3)9-7-16)23(18)26-22(25-14)19-5-4-10-27(19)21(31)12-24-15(2)29/h6-9,19H,4-5,10-13H2,1-3H3,(H,24,29)/t19-/m1/s1. The number of hydrogen-bond donors (Lipinski definition) is 1. The number of nitrogens with zero attached hydrogens (tertiary/aromatic N) is 4. The van der Waals surface area contributed by atoms with E-state index >= 15 is 0 Å². The van der Waals surface area contributed by atoms with Crippen LogP contribution in [0.4, 0.5) is 5.82 Å². The van der Waals surface area contributed by atoms with E-state index in [1.54, 1.807) is 16.9 Å². The zero-order chi connectivity index (χ0) is 22.8. The van der Waals surface area contributed by atoms with Crippen LogP contribution in [0, 0.1) is 6.92 Å². The van der Waals surface area contributed by atoms with E-state index in [0.29, 0.717) is 24.7 Å². The lowest BCUT2D eigenvalue weighted by Gasteiger charge is -2.25. The van der Waals surface area contributed by atoms with Gasteiger partial charge in [-0.2, -0.15) is 0 Å². The number of carbonyl (C=O) groups excluding carboxylic acids is 3. The Kier molecular flexibility index (Phi) is 6.07. The lowest BCUT2D eigenvalue weighted by atomic mass is 10.1. The lowest BCUT2D eigenvalue weighted by molar-refractivity contribution is -0.133. The number of amides is 3. The van der Waals surface area contributed by atoms with E-state index in [1.807, 2.05) is 31.2 Å². The van der Waals surface area contributed by atoms with Gasteiger partial charge in [-0.05, 0) is 37.5 Å². The van der Waals surface area contributed by atoms with Crippen molar-refractivity contribution in [3.05, 3.63) is 46.9 Å². The Hall–Kier alpha value is -3.49. The average Bonchev–Trinajstić information content (AvgIpc) is 3.38. The molecule has 1 atom stereocenters. The summed E-state index contributed by atoms with van der Waals surface area (Å²) in [4.78, 5) is 49.5. The Morgan fingerprint density at radius 2 is 1.97 bits per heavy atom. The number of fused-ring (bicyclic) bond motifs is 1. The summed E-state index contributed by atoms with van der Waals surface area (Å²) in [5.74, 6) is 1.50. The van der Waals surface area contributed by atoms with Crippen molar-refractivity contribution in [1.29, 1.82) is 0 Å². The fraction of sp³-hybridized carbons (Fsp3) is 0.435. The van der Waals surface area contributed by atoms with Crippen LogP contribution in [0.15, 0.2) is 24.3 Å². The topological polar surface area (TPSA) is 105 Å². The number of nitrogens with one attached hydrogen (secondary N) is 1. The summed E-state index contributed by atoms with van der Waals surface area (Å²) < 4.78 is 5.21. The number of rotatable bonds is 6. The van der Waals surface area contributed by atoms with Crippen molar-refractivity contribution >= 4 is 23.5 Å². The fourth-order valence-corrected chi connectivity index (χ4v) is 4.26. The van der Waals surface area contributed by atoms with Crippen LogP contribution in [0.2, 0.25) is 0 Å². The molecule has 2 aliphatic rings. The number of ether oxygens (including phenoxy) is 1. The second-order valence-corrected chi connectivity index (χ2v) is 8.13. The van der Waals surface area contributed by atoms with Crippen LogP contribution in [0.3, 0.4) is 0 Å². The Bertz CT molecular complexity index is 1050. The van der Waals surface area contributed by atoms with Gasteiger partial charge in [-0.15, -0.1) is 0 Å². The molecule has 1 aromatic carbocycles. The van der Waals surface area contributed by atoms with Gasteiger partial charge in [-0.1, -0.05) is 12.1 Å². The van der Waals surface area contributed by atoms with Crippen molar-refractivity contribution in [3.63, 3.8) is 0 Å². The zero-order valence-electron chi connectivity index (χ0n) is 18.6. The molecule has 32 heavy (non-hydrogen) atoms. The molecule has 2 aliphatic heterocycles. The molecular weight excluding hydrogens is 410 g/mol. The van der Waals surface area contributed by atoms with Gasteiger partial charge in [0.1, 0.15) is 11.6 Å². The first-order chi connectivity index (χ1) is 15.4. The van der Waals surface area contributed by atoms with Gasteiger partial charge in [0.25, 0.3) is 0 Å². The van der Waals surface area contributed by atoms with E-state index in [1.165, 1.54) is 6.92 Å². The third-order valence-corrected chi connectivity index (χ3v) is 5.95. The molecule has 9 nitrogen and oxygen atoms in total. The summed E-state index contributed by atoms with van der Waals surface area (Å²) in [6.07, 6.45) is 1.86. The number of benzene rings is 1. The zero-order valence-corrected chi connectivity index (χ0v) is 18.6. The minimum atomic E-state index is -0.265. The van der Waals surface area contributed by atoms with E-state index in [9.17, 15) is 14.4 Å². The minimum absolute atomic E-state index is 0.0182. The van der Waals surface area contributed by atoms with Crippen LogP contribution >= 0.6 is 0 Å². The predicted molar refractivity (Wildman–Crippen MR) is 117 cm³/mol. The van der Waals surface area contributed by atoms with Crippen LogP contribution in [0.25, 0.3) is 0 Å². The Morgan fingerprint density at radius 1 is 1.22 bits per heavy atom. The molecule has 168 valence electrons. The molecular formula is C23H27N5O4. The normalized spacial score (nSPS) is 17.5. The lowest BCUT2D eigenvalue weighted by Crippen LogP contribution is -2.39. The molecule has 2 aromatic rings. The molecule has 9 heteroatoms. The first-order valence-electron chi connectivity index (χ1n) is 10.7. The molecule has 1 saturated heterocycles. The molecule has 4 rings (SSSR count). The number of likely N-dealkylation sites (tertiary alicyclic amines) is 1. The van der Waals surface area contributed by atoms with Gasteiger partial charge in [-0.3, -0.25) is 19.3 Å². The van der Waals surface area contributed by atoms with Crippen LogP contribution in [-0.4, -0.2) is 52.8 Å². The number of methoxy groups -OCH3 is 1. The number of aryl methyl sites for hydroxylation is 1. The summed E-state index contributed by atoms with van der Waals surface area (Å²) in [6, 6.07) is 7.32. The van der Waals surface area contributed by atoms with Gasteiger partial charge in [0, 0.05) is 24.7 Å². The highest BCUT2D eigenvalue weighted by Crippen LogP contribution is 2.35. The number of aromatic nitrogens is 2. The van der Waals surface area contributed by atoms with E-state index in [4.69, 9.17) is 9.72 Å². The van der Waals surface area contributed by atoms with Crippen molar-refractivity contribution in [3.8, 4) is 5.75 Å². The Balaban J connectivity index is 1.60. The second-order valence-electron chi connectivity index (χ2n) is 8.13. The molecule has 1 aromatic heterocycles. The maximum absolute atomic E-state index is 12.8. The summed E-state index contributed by atoms with van der Waals surface area (Å²) in [5.41, 5.74) is 2.57. The summed E-state index contributed by atoms with van der Waals surface area (Å²) in [7, 11) is 1.61. The molecule has 0 aliphatic carbocycles. The Morgan fingerprint density at radius 3 is 2.66 bits per heavy atom. The first-order valence-corrected chi connectivity index (χ1v) is 10.7. The van der Waals surface area contributed by atoms with E-state index < -0.39 is 0 Å². The molecule has 0 spiro atoms. The molecule has 0 bridgehead atoms. The van der Waals surface area contributed by atoms with Gasteiger partial charge in [0.05, 0.1) is 32.7 Å². The molecule has 1 fully saturated rings. The van der Waals surface area contributed by atoms with E-state index in [-0.39, 0.29) is 36.7 Å². The van der Waals surface area contributed by atoms with Crippen molar-refractivity contribution in [2.75, 3.05) is 25.1 Å². The maximum atomic E-state index is 12.8. The van der Waals surface area contributed by atoms with Crippen LogP contribution in [0.5, 0.6) is 5.75 Å². The predicted octanol–water partition coefficient (Wildman–Crippen LogP) is 1.68. The van der Waals surface area contributed by atoms with Crippen LogP contribution in [0.1, 0.15) is 48.5 Å². The SMILES string of the molecule is COc1ccc(CN2C(=O)Cc3c(C)nc([C@H]4CCCN4C(=O)CNC(C)=O)nc32)cc1. The first kappa shape index (κ1) is 21.7. The van der Waals surface area contributed by atoms with Crippen molar-refractivity contribution in [2.45, 2.75) is 45.7 Å². The third-order valence-electron chi connectivity index (χ3n) is 5.95. The highest BCUT2D eigenvalue weighted by Gasteiger charge is 2.36. The number of anilines is 1. The smallest absolute Gasteiger partial charge is 0.242 e. The monoisotopic (exact) mass is 437 g/mol. The second kappa shape index (κ2) is 8.94. The number of hydrogen-bond acceptors (Lipinski definition) is 6. The summed E-state index contributed by atoms with van der Waals surface area (Å²) in [6.45, 7) is 4.22. The quantitative estimate of drug-likeness (QED) is 0.737. The van der Waals surface area contributed by atoms with Gasteiger partial charge in [0.15, 0.2) is 5.82 Å². The van der Waals surface area contributed by atoms with E-state index in [0.717, 1.165) is 35.4 Å². The largest absolute Gasteiger partial charge is 0.497 e. The fourth-order valence-electron chi connectivity index (χ4n) is 4.26. The molecule has 0 saturated carbocycles. The highest BCUT2D eigenvalue weighted by atomic mass is 16.5. The van der Waals surface area contributed by atoms with Crippen LogP contribution in [-0.2, 0) is 27.3 Å². The van der Waals surface area contributed by atoms with Crippen molar-refractivity contribution in [2.24, 2.45) is 0 Å². The van der Waals surface area contributed by atoms with Crippen molar-refractivity contribution < 1.29 is 19.1 Å². The van der Waals surface area contributed by atoms with Gasteiger partial charge < -0.3 is 15.0 Å². The molecule has 3 amide bonds. The van der Waals surface area contributed by atoms with Crippen LogP contribution < -0.4 is 15.0 Å². The molecule has 0 radical (unpaired) electrons. The molecule has 3 heterocycles. The summed E-state index contributed by atoms with van der Waals surface area (Å²) >= 11 is 0. The maximum Gasteiger partial charge on any atom is 0.242 e. The van der Waals surface area contributed by atoms with Gasteiger partial charge in [-0.25, -0.2) is 9.97 Å². The van der Waals surface area contributed by atoms with Gasteiger partial charge in [0.2, 0.25) is 17.7 Å². The molecule has 0 unspecified atom stereocenters. The van der Waals surface area contributed by atoms with Gasteiger partial charge >= 0.3 is 0 Å². The number of carbonyl (C=O) groups is 3. The van der Waals surface area contributed by atoms with E-state index in [2.05, 4.69) is 10.3 Å². The summed E-state index contributed by atoms with van der Waals surface area (Å²) in [5, 5.41) is 2.56. The Labute approximate surface area is 186 Å². The van der Waals surface area contributed by atoms with Crippen molar-refractivity contribution in [1.82, 2.24) is 20.2 Å². The third kappa shape index (κ3) is 4.28. The average molecular weight is 438 g/mol. The highest BCUT2D eigenvalue weighted by molar-refractivity contribution is 6.00.